The van der Waals surface area contributed by atoms with Crippen LogP contribution in [0.1, 0.15) is 6.92 Å². The molecule has 0 spiro atoms. The first-order valence-electron chi connectivity index (χ1n) is 4.01. The summed E-state index contributed by atoms with van der Waals surface area (Å²) in [6.07, 6.45) is 14.8. The first-order chi connectivity index (χ1) is 8.18. The fourth-order valence-electron chi connectivity index (χ4n) is 0.295. The lowest BCUT2D eigenvalue weighted by Gasteiger charge is -1.86. The summed E-state index contributed by atoms with van der Waals surface area (Å²) >= 11 is 5.40. The predicted octanol–water partition coefficient (Wildman–Crippen LogP) is 3.48. The maximum Gasteiger partial charge on any atom is 0.186 e. The molecular formula is C11H14I2O2S3. The van der Waals surface area contributed by atoms with Crippen LogP contribution in [0.5, 0.6) is 0 Å². The van der Waals surface area contributed by atoms with Gasteiger partial charge in [0.15, 0.2) is 5.12 Å². The summed E-state index contributed by atoms with van der Waals surface area (Å²) in [5.41, 5.74) is 0. The van der Waals surface area contributed by atoms with Crippen molar-refractivity contribution in [1.29, 1.82) is 0 Å². The van der Waals surface area contributed by atoms with Crippen LogP contribution in [-0.2, 0) is 4.79 Å². The van der Waals surface area contributed by atoms with Gasteiger partial charge < -0.3 is 5.48 Å². The molecule has 0 unspecified atom stereocenters. The van der Waals surface area contributed by atoms with E-state index >= 15 is 0 Å². The number of carbonyl (C=O) groups excluding carboxylic acids is 1. The van der Waals surface area contributed by atoms with Crippen LogP contribution in [0.3, 0.4) is 0 Å². The van der Waals surface area contributed by atoms with Gasteiger partial charge >= 0.3 is 0 Å². The maximum atomic E-state index is 10.1. The van der Waals surface area contributed by atoms with Crippen molar-refractivity contribution in [2.24, 2.45) is 0 Å². The van der Waals surface area contributed by atoms with E-state index in [0.29, 0.717) is 5.75 Å². The SMILES string of the molecule is C#CCSC(C)=O.C#CCSSCC#C.II.O. The van der Waals surface area contributed by atoms with E-state index in [0.717, 1.165) is 23.3 Å². The van der Waals surface area contributed by atoms with Gasteiger partial charge in [0.05, 0.1) is 17.3 Å². The van der Waals surface area contributed by atoms with E-state index in [4.69, 9.17) is 19.3 Å². The molecule has 0 bridgehead atoms. The Morgan fingerprint density at radius 3 is 1.50 bits per heavy atom. The highest BCUT2D eigenvalue weighted by Crippen LogP contribution is 2.18. The van der Waals surface area contributed by atoms with Gasteiger partial charge in [-0.15, -0.1) is 19.3 Å². The zero-order chi connectivity index (χ0) is 13.9. The molecule has 0 heterocycles. The largest absolute Gasteiger partial charge is 0.412 e. The fourth-order valence-corrected chi connectivity index (χ4v) is 1.79. The Labute approximate surface area is 145 Å². The van der Waals surface area contributed by atoms with Gasteiger partial charge in [0.25, 0.3) is 0 Å². The Kier molecular flexibility index (Phi) is 46.4. The average molecular weight is 528 g/mol. The molecule has 0 amide bonds. The molecule has 18 heavy (non-hydrogen) atoms. The molecular weight excluding hydrogens is 514 g/mol. The molecule has 0 radical (unpaired) electrons. The van der Waals surface area contributed by atoms with Crippen LogP contribution in [0, 0.1) is 37.0 Å². The van der Waals surface area contributed by atoms with Crippen molar-refractivity contribution in [3.8, 4) is 37.0 Å². The summed E-state index contributed by atoms with van der Waals surface area (Å²) < 4.78 is 0. The third-order valence-electron chi connectivity index (χ3n) is 0.727. The zero-order valence-electron chi connectivity index (χ0n) is 9.74. The van der Waals surface area contributed by atoms with E-state index in [1.54, 1.807) is 21.6 Å². The second-order valence-corrected chi connectivity index (χ2v) is 5.53. The third-order valence-corrected chi connectivity index (χ3v) is 3.39. The Morgan fingerprint density at radius 2 is 1.33 bits per heavy atom. The summed E-state index contributed by atoms with van der Waals surface area (Å²) in [6.45, 7) is 1.50. The van der Waals surface area contributed by atoms with Gasteiger partial charge in [-0.3, -0.25) is 4.79 Å². The first-order valence-corrected chi connectivity index (χ1v) is 13.8. The Balaban J connectivity index is -0.0000000916. The summed E-state index contributed by atoms with van der Waals surface area (Å²) in [5, 5.41) is 0.0814. The summed E-state index contributed by atoms with van der Waals surface area (Å²) in [6, 6.07) is 0. The number of hydrogen-bond donors (Lipinski definition) is 0. The Hall–Kier alpha value is 0.820. The molecule has 0 aromatic heterocycles. The standard InChI is InChI=1S/C6H6S2.C5H6OS.I2.H2O/c1-3-5-7-8-6-4-2;1-3-4-7-5(2)6;1-2;/h1-2H,5-6H2;1H,4H2,2H3;;1H2. The van der Waals surface area contributed by atoms with E-state index < -0.39 is 0 Å². The van der Waals surface area contributed by atoms with Crippen LogP contribution in [0.2, 0.25) is 0 Å². The molecule has 0 saturated heterocycles. The number of thioether (sulfide) groups is 1. The second-order valence-electron chi connectivity index (χ2n) is 1.92. The van der Waals surface area contributed by atoms with Crippen molar-refractivity contribution >= 4 is 75.7 Å². The smallest absolute Gasteiger partial charge is 0.186 e. The molecule has 0 aliphatic rings. The molecule has 0 fully saturated rings. The van der Waals surface area contributed by atoms with E-state index in [-0.39, 0.29) is 10.6 Å². The summed E-state index contributed by atoms with van der Waals surface area (Å²) in [4.78, 5) is 10.1. The van der Waals surface area contributed by atoms with E-state index in [1.807, 2.05) is 0 Å². The maximum absolute atomic E-state index is 10.1. The number of carbonyl (C=O) groups is 1. The molecule has 102 valence electrons. The number of halogens is 2. The normalized spacial score (nSPS) is 6.44. The lowest BCUT2D eigenvalue weighted by Crippen LogP contribution is -1.80. The Morgan fingerprint density at radius 1 is 1.00 bits per heavy atom. The van der Waals surface area contributed by atoms with Crippen molar-refractivity contribution in [1.82, 2.24) is 0 Å². The van der Waals surface area contributed by atoms with Gasteiger partial charge in [-0.1, -0.05) is 51.1 Å². The molecule has 0 aliphatic heterocycles. The highest BCUT2D eigenvalue weighted by atomic mass is 128. The highest BCUT2D eigenvalue weighted by Gasteiger charge is 1.86. The molecule has 0 aromatic rings. The minimum atomic E-state index is 0. The summed E-state index contributed by atoms with van der Waals surface area (Å²) in [5.74, 6) is 9.32. The van der Waals surface area contributed by atoms with E-state index in [9.17, 15) is 4.79 Å². The minimum Gasteiger partial charge on any atom is -0.412 e. The lowest BCUT2D eigenvalue weighted by atomic mass is 10.8. The van der Waals surface area contributed by atoms with Gasteiger partial charge in [-0.2, -0.15) is 0 Å². The van der Waals surface area contributed by atoms with E-state index in [1.165, 1.54) is 6.92 Å². The quantitative estimate of drug-likeness (QED) is 0.243. The van der Waals surface area contributed by atoms with Crippen LogP contribution in [0.15, 0.2) is 0 Å². The molecule has 2 N–H and O–H groups in total. The predicted molar refractivity (Wildman–Crippen MR) is 106 cm³/mol. The number of rotatable bonds is 4. The van der Waals surface area contributed by atoms with Gasteiger partial charge in [-0.25, -0.2) is 0 Å². The molecule has 0 saturated carbocycles. The molecule has 0 aromatic carbocycles. The van der Waals surface area contributed by atoms with Gasteiger partial charge in [0.2, 0.25) is 0 Å². The average Bonchev–Trinajstić information content (AvgIpc) is 2.35. The van der Waals surface area contributed by atoms with Crippen LogP contribution >= 0.6 is 70.6 Å². The molecule has 0 aliphatic carbocycles. The van der Waals surface area contributed by atoms with Crippen LogP contribution in [0.4, 0.5) is 0 Å². The molecule has 7 heteroatoms. The topological polar surface area (TPSA) is 48.6 Å². The number of terminal acetylenes is 3. The van der Waals surface area contributed by atoms with E-state index in [2.05, 4.69) is 55.0 Å². The highest BCUT2D eigenvalue weighted by molar-refractivity contribution is 15.0. The van der Waals surface area contributed by atoms with Crippen LogP contribution in [-0.4, -0.2) is 27.9 Å². The van der Waals surface area contributed by atoms with Crippen LogP contribution in [0.25, 0.3) is 0 Å². The lowest BCUT2D eigenvalue weighted by molar-refractivity contribution is -0.109. The molecule has 0 rings (SSSR count). The molecule has 2 nitrogen and oxygen atoms in total. The third kappa shape index (κ3) is 43.7. The molecule has 0 atom stereocenters. The Bertz CT molecular complexity index is 274. The van der Waals surface area contributed by atoms with Crippen molar-refractivity contribution < 1.29 is 10.3 Å². The van der Waals surface area contributed by atoms with Crippen molar-refractivity contribution in [3.05, 3.63) is 0 Å². The fraction of sp³-hybridized carbons (Fsp3) is 0.364. The van der Waals surface area contributed by atoms with Crippen molar-refractivity contribution in [2.45, 2.75) is 6.92 Å². The second kappa shape index (κ2) is 30.7. The first kappa shape index (κ1) is 27.2. The van der Waals surface area contributed by atoms with Crippen molar-refractivity contribution in [3.63, 3.8) is 0 Å². The van der Waals surface area contributed by atoms with Gasteiger partial charge in [0.1, 0.15) is 0 Å². The van der Waals surface area contributed by atoms with Gasteiger partial charge in [0, 0.05) is 44.2 Å². The van der Waals surface area contributed by atoms with Crippen LogP contribution < -0.4 is 0 Å². The number of hydrogen-bond acceptors (Lipinski definition) is 4. The van der Waals surface area contributed by atoms with Crippen molar-refractivity contribution in [2.75, 3.05) is 17.3 Å². The monoisotopic (exact) mass is 528 g/mol. The minimum absolute atomic E-state index is 0. The zero-order valence-corrected chi connectivity index (χ0v) is 16.5. The van der Waals surface area contributed by atoms with Gasteiger partial charge in [-0.05, 0) is 0 Å². The summed E-state index contributed by atoms with van der Waals surface area (Å²) in [7, 11) is 3.23.